The third-order valence-electron chi connectivity index (χ3n) is 8.05. The lowest BCUT2D eigenvalue weighted by molar-refractivity contribution is -0.245. The normalized spacial score (nSPS) is 17.4. The summed E-state index contributed by atoms with van der Waals surface area (Å²) in [5.74, 6) is 0.469. The molecule has 8 nitrogen and oxygen atoms in total. The second kappa shape index (κ2) is 15.9. The van der Waals surface area contributed by atoms with Crippen LogP contribution in [0.15, 0.2) is 126 Å². The van der Waals surface area contributed by atoms with Gasteiger partial charge < -0.3 is 25.2 Å². The number of thioether (sulfide) groups is 1. The van der Waals surface area contributed by atoms with E-state index < -0.39 is 6.29 Å². The molecule has 9 heteroatoms. The van der Waals surface area contributed by atoms with Crippen LogP contribution in [0.3, 0.4) is 0 Å². The molecule has 2 heterocycles. The second-order valence-corrected chi connectivity index (χ2v) is 12.7. The van der Waals surface area contributed by atoms with Crippen LogP contribution < -0.4 is 10.6 Å². The van der Waals surface area contributed by atoms with E-state index in [4.69, 9.17) is 9.47 Å². The van der Waals surface area contributed by atoms with Crippen LogP contribution in [0.2, 0.25) is 0 Å². The molecular weight excluding hydrogens is 623 g/mol. The minimum atomic E-state index is -0.558. The summed E-state index contributed by atoms with van der Waals surface area (Å²) in [7, 11) is 0. The summed E-state index contributed by atoms with van der Waals surface area (Å²) in [4.78, 5) is 29.0. The molecule has 3 unspecified atom stereocenters. The zero-order chi connectivity index (χ0) is 33.3. The fraction of sp³-hybridized carbons (Fsp3) is 0.205. The van der Waals surface area contributed by atoms with E-state index in [0.29, 0.717) is 18.5 Å². The molecule has 6 rings (SSSR count). The first-order chi connectivity index (χ1) is 23.4. The Morgan fingerprint density at radius 3 is 2.33 bits per heavy atom. The van der Waals surface area contributed by atoms with E-state index in [2.05, 4.69) is 39.9 Å². The SMILES string of the molecule is CC(=O)Nc1ccc(SCC2CC(c3ccc(CO)cc3)OC(c3ccc(-c4cccc(CNC(=O)c5cccnc5)c4)cc3)O2)cc1. The van der Waals surface area contributed by atoms with Crippen molar-refractivity contribution in [3.8, 4) is 11.1 Å². The number of amides is 2. The Balaban J connectivity index is 1.14. The maximum Gasteiger partial charge on any atom is 0.253 e. The van der Waals surface area contributed by atoms with Crippen LogP contribution in [-0.2, 0) is 27.4 Å². The topological polar surface area (TPSA) is 110 Å². The lowest BCUT2D eigenvalue weighted by Gasteiger charge is -2.36. The lowest BCUT2D eigenvalue weighted by atomic mass is 9.99. The highest BCUT2D eigenvalue weighted by Crippen LogP contribution is 2.40. The van der Waals surface area contributed by atoms with E-state index in [-0.39, 0.29) is 30.6 Å². The molecule has 0 bridgehead atoms. The Hall–Kier alpha value is -4.80. The van der Waals surface area contributed by atoms with Gasteiger partial charge in [-0.2, -0.15) is 0 Å². The van der Waals surface area contributed by atoms with Crippen molar-refractivity contribution in [3.63, 3.8) is 0 Å². The quantitative estimate of drug-likeness (QED) is 0.126. The van der Waals surface area contributed by atoms with Gasteiger partial charge in [0.15, 0.2) is 6.29 Å². The molecule has 1 fully saturated rings. The van der Waals surface area contributed by atoms with E-state index in [1.54, 1.807) is 36.3 Å². The Bertz CT molecular complexity index is 1820. The van der Waals surface area contributed by atoms with E-state index in [1.807, 2.05) is 72.8 Å². The Kier molecular flexibility index (Phi) is 10.9. The number of aliphatic hydroxyl groups is 1. The fourth-order valence-corrected chi connectivity index (χ4v) is 6.45. The van der Waals surface area contributed by atoms with Gasteiger partial charge in [0, 0.05) is 54.2 Å². The van der Waals surface area contributed by atoms with Gasteiger partial charge in [-0.05, 0) is 70.3 Å². The number of anilines is 1. The number of nitrogens with one attached hydrogen (secondary N) is 2. The number of carbonyl (C=O) groups is 2. The molecule has 0 aliphatic carbocycles. The van der Waals surface area contributed by atoms with Crippen LogP contribution in [0.1, 0.15) is 58.4 Å². The van der Waals surface area contributed by atoms with Crippen LogP contribution in [0.25, 0.3) is 11.1 Å². The van der Waals surface area contributed by atoms with E-state index in [1.165, 1.54) is 6.92 Å². The van der Waals surface area contributed by atoms with Crippen molar-refractivity contribution in [2.45, 2.75) is 49.9 Å². The predicted octanol–water partition coefficient (Wildman–Crippen LogP) is 7.47. The van der Waals surface area contributed by atoms with Gasteiger partial charge in [-0.25, -0.2) is 0 Å². The summed E-state index contributed by atoms with van der Waals surface area (Å²) in [6.45, 7) is 1.89. The Morgan fingerprint density at radius 2 is 1.62 bits per heavy atom. The summed E-state index contributed by atoms with van der Waals surface area (Å²) in [6.07, 6.45) is 3.07. The van der Waals surface area contributed by atoms with Crippen molar-refractivity contribution in [2.75, 3.05) is 11.1 Å². The summed E-state index contributed by atoms with van der Waals surface area (Å²) in [6, 6.07) is 35.5. The number of aromatic nitrogens is 1. The molecule has 5 aromatic rings. The smallest absolute Gasteiger partial charge is 0.253 e. The number of nitrogens with zero attached hydrogens (tertiary/aromatic N) is 1. The summed E-state index contributed by atoms with van der Waals surface area (Å²) >= 11 is 1.70. The van der Waals surface area contributed by atoms with Gasteiger partial charge in [0.2, 0.25) is 5.91 Å². The zero-order valence-corrected chi connectivity index (χ0v) is 27.4. The van der Waals surface area contributed by atoms with Crippen LogP contribution >= 0.6 is 11.8 Å². The summed E-state index contributed by atoms with van der Waals surface area (Å²) < 4.78 is 13.1. The Morgan fingerprint density at radius 1 is 0.854 bits per heavy atom. The average Bonchev–Trinajstić information content (AvgIpc) is 3.14. The monoisotopic (exact) mass is 659 g/mol. The van der Waals surface area contributed by atoms with Crippen LogP contribution in [0.5, 0.6) is 0 Å². The molecule has 48 heavy (non-hydrogen) atoms. The third kappa shape index (κ3) is 8.76. The molecule has 1 aromatic heterocycles. The highest BCUT2D eigenvalue weighted by Gasteiger charge is 2.32. The van der Waals surface area contributed by atoms with Crippen molar-refractivity contribution in [1.82, 2.24) is 10.3 Å². The van der Waals surface area contributed by atoms with Gasteiger partial charge in [0.05, 0.1) is 24.4 Å². The van der Waals surface area contributed by atoms with Crippen LogP contribution in [-0.4, -0.2) is 33.8 Å². The summed E-state index contributed by atoms with van der Waals surface area (Å²) in [5.41, 5.74) is 7.19. The molecular formula is C39H37N3O5S. The largest absolute Gasteiger partial charge is 0.392 e. The van der Waals surface area contributed by atoms with Crippen molar-refractivity contribution in [2.24, 2.45) is 0 Å². The second-order valence-electron chi connectivity index (χ2n) is 11.6. The molecule has 0 spiro atoms. The van der Waals surface area contributed by atoms with Crippen LogP contribution in [0.4, 0.5) is 5.69 Å². The first kappa shape index (κ1) is 33.1. The number of aliphatic hydroxyl groups excluding tert-OH is 1. The highest BCUT2D eigenvalue weighted by atomic mass is 32.2. The number of pyridine rings is 1. The summed E-state index contributed by atoms with van der Waals surface area (Å²) in [5, 5.41) is 15.3. The number of hydrogen-bond donors (Lipinski definition) is 3. The number of ether oxygens (including phenoxy) is 2. The molecule has 1 aliphatic heterocycles. The van der Waals surface area contributed by atoms with Gasteiger partial charge in [0.1, 0.15) is 0 Å². The molecule has 244 valence electrons. The molecule has 2 amide bonds. The molecule has 1 aliphatic rings. The minimum Gasteiger partial charge on any atom is -0.392 e. The van der Waals surface area contributed by atoms with E-state index in [9.17, 15) is 14.7 Å². The highest BCUT2D eigenvalue weighted by molar-refractivity contribution is 7.99. The van der Waals surface area contributed by atoms with Gasteiger partial charge in [-0.3, -0.25) is 14.6 Å². The molecule has 4 aromatic carbocycles. The number of benzene rings is 4. The molecule has 3 atom stereocenters. The first-order valence-electron chi connectivity index (χ1n) is 15.8. The van der Waals surface area contributed by atoms with Gasteiger partial charge in [0.25, 0.3) is 5.91 Å². The number of rotatable bonds is 11. The molecule has 0 saturated carbocycles. The maximum atomic E-state index is 12.5. The van der Waals surface area contributed by atoms with Crippen molar-refractivity contribution < 1.29 is 24.2 Å². The first-order valence-corrected chi connectivity index (χ1v) is 16.8. The number of hydrogen-bond acceptors (Lipinski definition) is 7. The number of carbonyl (C=O) groups excluding carboxylic acids is 2. The standard InChI is InChI=1S/C39H37N3O5S/c1-26(44)42-34-15-17-36(18-16-34)48-25-35-21-37(30-9-7-27(24-43)8-10-30)47-39(46-35)31-13-11-29(12-14-31)32-5-2-4-28(20-32)22-41-38(45)33-6-3-19-40-23-33/h2-20,23,35,37,39,43H,21-22,24-25H2,1H3,(H,41,45)(H,42,44). The third-order valence-corrected chi connectivity index (χ3v) is 9.19. The fourth-order valence-electron chi connectivity index (χ4n) is 5.52. The lowest BCUT2D eigenvalue weighted by Crippen LogP contribution is -2.31. The average molecular weight is 660 g/mol. The van der Waals surface area contributed by atoms with Crippen molar-refractivity contribution >= 4 is 29.3 Å². The molecule has 0 radical (unpaired) electrons. The van der Waals surface area contributed by atoms with E-state index >= 15 is 0 Å². The van der Waals surface area contributed by atoms with Crippen molar-refractivity contribution in [1.29, 1.82) is 0 Å². The minimum absolute atomic E-state index is 0.00712. The van der Waals surface area contributed by atoms with Crippen LogP contribution in [0, 0.1) is 0 Å². The van der Waals surface area contributed by atoms with E-state index in [0.717, 1.165) is 49.7 Å². The molecule has 1 saturated heterocycles. The molecule has 3 N–H and O–H groups in total. The zero-order valence-electron chi connectivity index (χ0n) is 26.5. The maximum absolute atomic E-state index is 12.5. The van der Waals surface area contributed by atoms with Gasteiger partial charge in [-0.1, -0.05) is 66.7 Å². The van der Waals surface area contributed by atoms with Gasteiger partial charge in [-0.15, -0.1) is 11.8 Å². The predicted molar refractivity (Wildman–Crippen MR) is 187 cm³/mol. The Labute approximate surface area is 284 Å². The van der Waals surface area contributed by atoms with Gasteiger partial charge >= 0.3 is 0 Å². The van der Waals surface area contributed by atoms with Crippen molar-refractivity contribution in [3.05, 3.63) is 149 Å².